The van der Waals surface area contributed by atoms with Crippen molar-refractivity contribution in [1.82, 2.24) is 9.97 Å². The van der Waals surface area contributed by atoms with Crippen LogP contribution in [-0.2, 0) is 13.0 Å². The number of nitrogens with zero attached hydrogens (tertiary/aromatic N) is 2. The van der Waals surface area contributed by atoms with E-state index in [-0.39, 0.29) is 0 Å². The van der Waals surface area contributed by atoms with Gasteiger partial charge in [0.05, 0.1) is 10.3 Å². The zero-order chi connectivity index (χ0) is 13.0. The Morgan fingerprint density at radius 3 is 2.78 bits per heavy atom. The van der Waals surface area contributed by atoms with Crippen LogP contribution in [0.15, 0.2) is 26.6 Å². The molecular weight excluding hydrogens is 378 g/mol. The number of rotatable bonds is 5. The minimum Gasteiger partial charge on any atom is -0.365 e. The maximum absolute atomic E-state index is 4.49. The first-order chi connectivity index (χ1) is 8.67. The Hall–Kier alpha value is -0.460. The van der Waals surface area contributed by atoms with E-state index < -0.39 is 0 Å². The number of hydrogen-bond donors (Lipinski definition) is 1. The fraction of sp³-hybridized carbons (Fsp3) is 0.333. The second-order valence-corrected chi connectivity index (χ2v) is 7.16. The van der Waals surface area contributed by atoms with Gasteiger partial charge in [-0.05, 0) is 50.4 Å². The van der Waals surface area contributed by atoms with E-state index in [1.807, 2.05) is 6.07 Å². The summed E-state index contributed by atoms with van der Waals surface area (Å²) in [5.41, 5.74) is 0. The van der Waals surface area contributed by atoms with Gasteiger partial charge in [-0.25, -0.2) is 9.97 Å². The normalized spacial score (nSPS) is 10.6. The molecule has 0 aliphatic heterocycles. The summed E-state index contributed by atoms with van der Waals surface area (Å²) in [6, 6.07) is 6.06. The van der Waals surface area contributed by atoms with Gasteiger partial charge in [0.1, 0.15) is 16.2 Å². The lowest BCUT2D eigenvalue weighted by Crippen LogP contribution is -2.03. The second-order valence-electron chi connectivity index (χ2n) is 3.80. The SMILES string of the molecule is CCCc1nc(Br)cc(NCc2ccc(Br)s2)n1. The number of aryl methyl sites for hydroxylation is 1. The zero-order valence-electron chi connectivity index (χ0n) is 9.91. The van der Waals surface area contributed by atoms with Crippen LogP contribution in [0.25, 0.3) is 0 Å². The van der Waals surface area contributed by atoms with Crippen LogP contribution in [0.5, 0.6) is 0 Å². The van der Waals surface area contributed by atoms with Gasteiger partial charge < -0.3 is 5.32 Å². The van der Waals surface area contributed by atoms with Gasteiger partial charge in [0.2, 0.25) is 0 Å². The van der Waals surface area contributed by atoms with Crippen molar-refractivity contribution in [2.75, 3.05) is 5.32 Å². The van der Waals surface area contributed by atoms with E-state index in [0.29, 0.717) is 0 Å². The molecule has 2 rings (SSSR count). The molecule has 0 spiro atoms. The first-order valence-electron chi connectivity index (χ1n) is 5.69. The van der Waals surface area contributed by atoms with E-state index in [1.54, 1.807) is 11.3 Å². The van der Waals surface area contributed by atoms with Gasteiger partial charge in [0.25, 0.3) is 0 Å². The first kappa shape index (κ1) is 14.0. The van der Waals surface area contributed by atoms with Crippen LogP contribution >= 0.6 is 43.2 Å². The molecule has 0 radical (unpaired) electrons. The molecule has 2 heterocycles. The van der Waals surface area contributed by atoms with Gasteiger partial charge >= 0.3 is 0 Å². The van der Waals surface area contributed by atoms with Crippen LogP contribution in [0.3, 0.4) is 0 Å². The van der Waals surface area contributed by atoms with Gasteiger partial charge in [0, 0.05) is 17.4 Å². The van der Waals surface area contributed by atoms with Crippen LogP contribution in [0.4, 0.5) is 5.82 Å². The lowest BCUT2D eigenvalue weighted by molar-refractivity contribution is 0.828. The maximum atomic E-state index is 4.49. The minimum absolute atomic E-state index is 0.783. The summed E-state index contributed by atoms with van der Waals surface area (Å²) in [6.07, 6.45) is 1.95. The Labute approximate surface area is 127 Å². The highest BCUT2D eigenvalue weighted by Gasteiger charge is 2.03. The molecule has 0 unspecified atom stereocenters. The maximum Gasteiger partial charge on any atom is 0.132 e. The highest BCUT2D eigenvalue weighted by molar-refractivity contribution is 9.11. The molecule has 3 nitrogen and oxygen atoms in total. The Bertz CT molecular complexity index is 528. The van der Waals surface area contributed by atoms with Crippen molar-refractivity contribution in [3.8, 4) is 0 Å². The smallest absolute Gasteiger partial charge is 0.132 e. The molecule has 18 heavy (non-hydrogen) atoms. The van der Waals surface area contributed by atoms with E-state index in [2.05, 4.69) is 66.2 Å². The Morgan fingerprint density at radius 2 is 2.11 bits per heavy atom. The molecule has 0 aliphatic carbocycles. The Balaban J connectivity index is 2.04. The van der Waals surface area contributed by atoms with Crippen LogP contribution in [0.2, 0.25) is 0 Å². The molecule has 0 saturated carbocycles. The molecular formula is C12H13Br2N3S. The van der Waals surface area contributed by atoms with Crippen LogP contribution < -0.4 is 5.32 Å². The first-order valence-corrected chi connectivity index (χ1v) is 8.09. The highest BCUT2D eigenvalue weighted by Crippen LogP contribution is 2.23. The third-order valence-electron chi connectivity index (χ3n) is 2.29. The summed E-state index contributed by atoms with van der Waals surface area (Å²) in [5, 5.41) is 3.32. The number of halogens is 2. The quantitative estimate of drug-likeness (QED) is 0.756. The summed E-state index contributed by atoms with van der Waals surface area (Å²) in [7, 11) is 0. The van der Waals surface area contributed by atoms with Crippen molar-refractivity contribution in [2.24, 2.45) is 0 Å². The number of anilines is 1. The molecule has 0 aromatic carbocycles. The summed E-state index contributed by atoms with van der Waals surface area (Å²) in [5.74, 6) is 1.74. The average Bonchev–Trinajstić information content (AvgIpc) is 2.72. The fourth-order valence-electron chi connectivity index (χ4n) is 1.52. The summed E-state index contributed by atoms with van der Waals surface area (Å²) >= 11 is 8.60. The van der Waals surface area contributed by atoms with Gasteiger partial charge in [0.15, 0.2) is 0 Å². The van der Waals surface area contributed by atoms with E-state index in [4.69, 9.17) is 0 Å². The predicted molar refractivity (Wildman–Crippen MR) is 83.1 cm³/mol. The topological polar surface area (TPSA) is 37.8 Å². The molecule has 0 atom stereocenters. The van der Waals surface area contributed by atoms with E-state index >= 15 is 0 Å². The molecule has 1 N–H and O–H groups in total. The predicted octanol–water partition coefficient (Wildman–Crippen LogP) is 4.63. The molecule has 0 saturated heterocycles. The van der Waals surface area contributed by atoms with E-state index in [1.165, 1.54) is 4.88 Å². The summed E-state index contributed by atoms with van der Waals surface area (Å²) in [4.78, 5) is 10.1. The van der Waals surface area contributed by atoms with Crippen molar-refractivity contribution >= 4 is 49.0 Å². The molecule has 0 fully saturated rings. The van der Waals surface area contributed by atoms with Crippen LogP contribution in [0, 0.1) is 0 Å². The number of hydrogen-bond acceptors (Lipinski definition) is 4. The lowest BCUT2D eigenvalue weighted by atomic mass is 10.3. The molecule has 96 valence electrons. The van der Waals surface area contributed by atoms with E-state index in [0.717, 1.165) is 39.4 Å². The monoisotopic (exact) mass is 389 g/mol. The van der Waals surface area contributed by atoms with E-state index in [9.17, 15) is 0 Å². The third-order valence-corrected chi connectivity index (χ3v) is 4.32. The van der Waals surface area contributed by atoms with Gasteiger partial charge in [-0.2, -0.15) is 0 Å². The van der Waals surface area contributed by atoms with Crippen molar-refractivity contribution < 1.29 is 0 Å². The van der Waals surface area contributed by atoms with Gasteiger partial charge in [-0.3, -0.25) is 0 Å². The van der Waals surface area contributed by atoms with Crippen LogP contribution in [0.1, 0.15) is 24.0 Å². The van der Waals surface area contributed by atoms with Crippen molar-refractivity contribution in [3.05, 3.63) is 37.3 Å². The molecule has 0 amide bonds. The van der Waals surface area contributed by atoms with Crippen molar-refractivity contribution in [3.63, 3.8) is 0 Å². The van der Waals surface area contributed by atoms with Crippen molar-refractivity contribution in [2.45, 2.75) is 26.3 Å². The molecule has 2 aromatic heterocycles. The Kier molecular flexibility index (Phi) is 5.14. The lowest BCUT2D eigenvalue weighted by Gasteiger charge is -2.06. The molecule has 6 heteroatoms. The number of thiophene rings is 1. The fourth-order valence-corrected chi connectivity index (χ4v) is 3.36. The molecule has 0 aliphatic rings. The Morgan fingerprint density at radius 1 is 1.28 bits per heavy atom. The van der Waals surface area contributed by atoms with Gasteiger partial charge in [-0.15, -0.1) is 11.3 Å². The average molecular weight is 391 g/mol. The van der Waals surface area contributed by atoms with Gasteiger partial charge in [-0.1, -0.05) is 6.92 Å². The molecule has 2 aromatic rings. The summed E-state index contributed by atoms with van der Waals surface area (Å²) < 4.78 is 1.98. The number of nitrogens with one attached hydrogen (secondary N) is 1. The second kappa shape index (κ2) is 6.63. The molecule has 0 bridgehead atoms. The number of aromatic nitrogens is 2. The van der Waals surface area contributed by atoms with Crippen LogP contribution in [-0.4, -0.2) is 9.97 Å². The highest BCUT2D eigenvalue weighted by atomic mass is 79.9. The third kappa shape index (κ3) is 4.03. The zero-order valence-corrected chi connectivity index (χ0v) is 13.9. The summed E-state index contributed by atoms with van der Waals surface area (Å²) in [6.45, 7) is 2.91. The minimum atomic E-state index is 0.783. The largest absolute Gasteiger partial charge is 0.365 e. The van der Waals surface area contributed by atoms with Crippen molar-refractivity contribution in [1.29, 1.82) is 0 Å². The standard InChI is InChI=1S/C12H13Br2N3S/c1-2-3-11-16-9(13)6-12(17-11)15-7-8-4-5-10(14)18-8/h4-6H,2-3,7H2,1H3,(H,15,16,17).